The number of aromatic carboxylic acids is 1. The highest BCUT2D eigenvalue weighted by Crippen LogP contribution is 2.18. The molecular formula is C14H13BrN2O2. The highest BCUT2D eigenvalue weighted by Gasteiger charge is 2.05. The number of hydrogen-bond acceptors (Lipinski definition) is 3. The number of halogens is 1. The molecular weight excluding hydrogens is 308 g/mol. The summed E-state index contributed by atoms with van der Waals surface area (Å²) < 4.78 is 0.935. The van der Waals surface area contributed by atoms with E-state index in [0.29, 0.717) is 12.1 Å². The maximum absolute atomic E-state index is 10.8. The average molecular weight is 321 g/mol. The highest BCUT2D eigenvalue weighted by molar-refractivity contribution is 9.10. The highest BCUT2D eigenvalue weighted by atomic mass is 79.9. The molecule has 98 valence electrons. The van der Waals surface area contributed by atoms with E-state index in [0.717, 1.165) is 21.3 Å². The van der Waals surface area contributed by atoms with Gasteiger partial charge in [-0.05, 0) is 58.2 Å². The van der Waals surface area contributed by atoms with Crippen molar-refractivity contribution in [1.82, 2.24) is 4.98 Å². The molecule has 4 nitrogen and oxygen atoms in total. The molecule has 0 aliphatic carbocycles. The number of aryl methyl sites for hydroxylation is 1. The summed E-state index contributed by atoms with van der Waals surface area (Å²) in [5.74, 6) is -0.911. The van der Waals surface area contributed by atoms with E-state index in [1.54, 1.807) is 30.6 Å². The Morgan fingerprint density at radius 2 is 2.16 bits per heavy atom. The van der Waals surface area contributed by atoms with E-state index >= 15 is 0 Å². The van der Waals surface area contributed by atoms with E-state index in [9.17, 15) is 4.79 Å². The zero-order valence-corrected chi connectivity index (χ0v) is 11.9. The van der Waals surface area contributed by atoms with Gasteiger partial charge in [0.15, 0.2) is 0 Å². The van der Waals surface area contributed by atoms with Crippen LogP contribution in [0.5, 0.6) is 0 Å². The Labute approximate surface area is 119 Å². The predicted octanol–water partition coefficient (Wildman–Crippen LogP) is 3.46. The molecule has 0 unspecified atom stereocenters. The fourth-order valence-electron chi connectivity index (χ4n) is 1.74. The standard InChI is InChI=1S/C14H13BrN2O2/c1-9-4-11(14(18)19)2-3-13(9)17-7-10-5-12(15)8-16-6-10/h2-6,8,17H,7H2,1H3,(H,18,19). The van der Waals surface area contributed by atoms with Crippen LogP contribution in [0, 0.1) is 6.92 Å². The maximum atomic E-state index is 10.8. The van der Waals surface area contributed by atoms with Crippen molar-refractivity contribution < 1.29 is 9.90 Å². The van der Waals surface area contributed by atoms with Gasteiger partial charge in [-0.1, -0.05) is 0 Å². The molecule has 0 amide bonds. The summed E-state index contributed by atoms with van der Waals surface area (Å²) in [5, 5.41) is 12.2. The third kappa shape index (κ3) is 3.54. The van der Waals surface area contributed by atoms with Crippen molar-refractivity contribution in [2.45, 2.75) is 13.5 Å². The molecule has 1 aromatic carbocycles. The molecule has 19 heavy (non-hydrogen) atoms. The second kappa shape index (κ2) is 5.84. The number of carbonyl (C=O) groups is 1. The molecule has 0 atom stereocenters. The second-order valence-electron chi connectivity index (χ2n) is 4.20. The van der Waals surface area contributed by atoms with Gasteiger partial charge in [0.2, 0.25) is 0 Å². The number of nitrogens with zero attached hydrogens (tertiary/aromatic N) is 1. The summed E-state index contributed by atoms with van der Waals surface area (Å²) >= 11 is 3.37. The predicted molar refractivity (Wildman–Crippen MR) is 77.4 cm³/mol. The maximum Gasteiger partial charge on any atom is 0.335 e. The number of anilines is 1. The summed E-state index contributed by atoms with van der Waals surface area (Å²) in [5.41, 5.74) is 3.18. The van der Waals surface area contributed by atoms with Crippen LogP contribution in [0.25, 0.3) is 0 Å². The summed E-state index contributed by atoms with van der Waals surface area (Å²) in [6.07, 6.45) is 3.52. The van der Waals surface area contributed by atoms with Crippen LogP contribution in [0.3, 0.4) is 0 Å². The van der Waals surface area contributed by atoms with Crippen LogP contribution in [-0.2, 0) is 6.54 Å². The van der Waals surface area contributed by atoms with Crippen molar-refractivity contribution in [3.8, 4) is 0 Å². The Morgan fingerprint density at radius 1 is 1.37 bits per heavy atom. The smallest absolute Gasteiger partial charge is 0.335 e. The molecule has 2 rings (SSSR count). The first-order valence-electron chi connectivity index (χ1n) is 5.73. The Balaban J connectivity index is 2.10. The van der Waals surface area contributed by atoms with Crippen molar-refractivity contribution >= 4 is 27.6 Å². The number of pyridine rings is 1. The minimum atomic E-state index is -0.911. The fraction of sp³-hybridized carbons (Fsp3) is 0.143. The van der Waals surface area contributed by atoms with Crippen LogP contribution in [0.4, 0.5) is 5.69 Å². The van der Waals surface area contributed by atoms with Gasteiger partial charge in [-0.25, -0.2) is 4.79 Å². The number of nitrogens with one attached hydrogen (secondary N) is 1. The minimum Gasteiger partial charge on any atom is -0.478 e. The zero-order valence-electron chi connectivity index (χ0n) is 10.4. The molecule has 0 aliphatic rings. The van der Waals surface area contributed by atoms with E-state index in [4.69, 9.17) is 5.11 Å². The van der Waals surface area contributed by atoms with Gasteiger partial charge < -0.3 is 10.4 Å². The molecule has 0 bridgehead atoms. The van der Waals surface area contributed by atoms with Gasteiger partial charge in [-0.3, -0.25) is 4.98 Å². The van der Waals surface area contributed by atoms with Gasteiger partial charge in [0.05, 0.1) is 5.56 Å². The van der Waals surface area contributed by atoms with Gasteiger partial charge in [0, 0.05) is 29.1 Å². The summed E-state index contributed by atoms with van der Waals surface area (Å²) in [6.45, 7) is 2.52. The SMILES string of the molecule is Cc1cc(C(=O)O)ccc1NCc1cncc(Br)c1. The number of rotatable bonds is 4. The van der Waals surface area contributed by atoms with Crippen molar-refractivity contribution in [3.05, 3.63) is 57.8 Å². The van der Waals surface area contributed by atoms with Crippen molar-refractivity contribution in [3.63, 3.8) is 0 Å². The Bertz CT molecular complexity index is 614. The van der Waals surface area contributed by atoms with Gasteiger partial charge in [0.25, 0.3) is 0 Å². The molecule has 0 radical (unpaired) electrons. The molecule has 0 fully saturated rings. The molecule has 2 N–H and O–H groups in total. The molecule has 1 heterocycles. The number of benzene rings is 1. The molecule has 0 aliphatic heterocycles. The summed E-state index contributed by atoms with van der Waals surface area (Å²) in [4.78, 5) is 14.9. The van der Waals surface area contributed by atoms with E-state index in [1.807, 2.05) is 13.0 Å². The van der Waals surface area contributed by atoms with Crippen LogP contribution in [0.15, 0.2) is 41.1 Å². The topological polar surface area (TPSA) is 62.2 Å². The van der Waals surface area contributed by atoms with Gasteiger partial charge in [0.1, 0.15) is 0 Å². The lowest BCUT2D eigenvalue weighted by Gasteiger charge is -2.10. The van der Waals surface area contributed by atoms with E-state index in [-0.39, 0.29) is 0 Å². The first-order chi connectivity index (χ1) is 9.06. The Morgan fingerprint density at radius 3 is 2.79 bits per heavy atom. The van der Waals surface area contributed by atoms with E-state index < -0.39 is 5.97 Å². The largest absolute Gasteiger partial charge is 0.478 e. The molecule has 5 heteroatoms. The Hall–Kier alpha value is -1.88. The molecule has 0 saturated carbocycles. The quantitative estimate of drug-likeness (QED) is 0.905. The molecule has 0 saturated heterocycles. The van der Waals surface area contributed by atoms with Crippen LogP contribution in [0.2, 0.25) is 0 Å². The van der Waals surface area contributed by atoms with E-state index in [1.165, 1.54) is 0 Å². The van der Waals surface area contributed by atoms with Crippen LogP contribution in [0.1, 0.15) is 21.5 Å². The van der Waals surface area contributed by atoms with E-state index in [2.05, 4.69) is 26.2 Å². The van der Waals surface area contributed by atoms with Crippen molar-refractivity contribution in [1.29, 1.82) is 0 Å². The van der Waals surface area contributed by atoms with Crippen molar-refractivity contribution in [2.75, 3.05) is 5.32 Å². The second-order valence-corrected chi connectivity index (χ2v) is 5.12. The Kier molecular flexibility index (Phi) is 4.16. The van der Waals surface area contributed by atoms with Gasteiger partial charge in [-0.2, -0.15) is 0 Å². The lowest BCUT2D eigenvalue weighted by molar-refractivity contribution is 0.0697. The monoisotopic (exact) mass is 320 g/mol. The van der Waals surface area contributed by atoms with Crippen LogP contribution >= 0.6 is 15.9 Å². The first kappa shape index (κ1) is 13.5. The number of aromatic nitrogens is 1. The molecule has 0 spiro atoms. The number of hydrogen-bond donors (Lipinski definition) is 2. The van der Waals surface area contributed by atoms with Gasteiger partial charge >= 0.3 is 5.97 Å². The average Bonchev–Trinajstić information content (AvgIpc) is 2.37. The number of carboxylic acids is 1. The fourth-order valence-corrected chi connectivity index (χ4v) is 2.16. The first-order valence-corrected chi connectivity index (χ1v) is 6.53. The molecule has 2 aromatic rings. The van der Waals surface area contributed by atoms with Gasteiger partial charge in [-0.15, -0.1) is 0 Å². The lowest BCUT2D eigenvalue weighted by atomic mass is 10.1. The minimum absolute atomic E-state index is 0.298. The van der Waals surface area contributed by atoms with Crippen molar-refractivity contribution in [2.24, 2.45) is 0 Å². The third-order valence-corrected chi connectivity index (χ3v) is 3.15. The lowest BCUT2D eigenvalue weighted by Crippen LogP contribution is -2.03. The normalized spacial score (nSPS) is 10.2. The third-order valence-electron chi connectivity index (χ3n) is 2.72. The number of carboxylic acid groups (broad SMARTS) is 1. The summed E-state index contributed by atoms with van der Waals surface area (Å²) in [6, 6.07) is 7.02. The molecule has 1 aromatic heterocycles. The summed E-state index contributed by atoms with van der Waals surface area (Å²) in [7, 11) is 0. The van der Waals surface area contributed by atoms with Crippen LogP contribution in [-0.4, -0.2) is 16.1 Å². The van der Waals surface area contributed by atoms with Crippen LogP contribution < -0.4 is 5.32 Å². The zero-order chi connectivity index (χ0) is 13.8.